The van der Waals surface area contributed by atoms with Gasteiger partial charge in [-0.1, -0.05) is 0 Å². The number of amides is 1. The molecule has 0 spiro atoms. The van der Waals surface area contributed by atoms with Crippen molar-refractivity contribution >= 4 is 5.91 Å². The molecule has 0 N–H and O–H groups in total. The van der Waals surface area contributed by atoms with Gasteiger partial charge in [0.2, 0.25) is 0 Å². The average Bonchev–Trinajstić information content (AvgIpc) is 2.08. The minimum absolute atomic E-state index is 0.0306. The van der Waals surface area contributed by atoms with Crippen LogP contribution in [0.2, 0.25) is 0 Å². The highest BCUT2D eigenvalue weighted by Gasteiger charge is 2.11. The van der Waals surface area contributed by atoms with Gasteiger partial charge in [-0.25, -0.2) is 0 Å². The first-order chi connectivity index (χ1) is 6.04. The number of hydrogen-bond donors (Lipinski definition) is 0. The maximum atomic E-state index is 11.6. The first kappa shape index (κ1) is 9.71. The van der Waals surface area contributed by atoms with Crippen molar-refractivity contribution in [3.05, 3.63) is 29.1 Å². The van der Waals surface area contributed by atoms with Crippen molar-refractivity contribution < 1.29 is 4.79 Å². The van der Waals surface area contributed by atoms with E-state index in [0.29, 0.717) is 0 Å². The molecule has 0 atom stereocenters. The summed E-state index contributed by atoms with van der Waals surface area (Å²) in [5.41, 5.74) is 2.60. The molecule has 70 valence electrons. The summed E-state index contributed by atoms with van der Waals surface area (Å²) in [4.78, 5) is 17.3. The summed E-state index contributed by atoms with van der Waals surface area (Å²) in [6.07, 6.45) is 1.67. The molecule has 0 saturated carbocycles. The zero-order chi connectivity index (χ0) is 10.0. The van der Waals surface area contributed by atoms with Crippen LogP contribution in [0.15, 0.2) is 12.3 Å². The van der Waals surface area contributed by atoms with Crippen LogP contribution in [-0.4, -0.2) is 29.9 Å². The Morgan fingerprint density at radius 3 is 2.54 bits per heavy atom. The molecular weight excluding hydrogens is 164 g/mol. The van der Waals surface area contributed by atoms with Gasteiger partial charge in [-0.15, -0.1) is 0 Å². The summed E-state index contributed by atoms with van der Waals surface area (Å²) in [6, 6.07) is 1.75. The second kappa shape index (κ2) is 3.56. The Kier molecular flexibility index (Phi) is 2.66. The fourth-order valence-corrected chi connectivity index (χ4v) is 1.11. The number of aromatic nitrogens is 1. The lowest BCUT2D eigenvalue weighted by molar-refractivity contribution is 0.0826. The molecule has 0 aliphatic rings. The zero-order valence-corrected chi connectivity index (χ0v) is 8.46. The van der Waals surface area contributed by atoms with E-state index in [1.807, 2.05) is 13.8 Å². The molecule has 0 aromatic carbocycles. The summed E-state index contributed by atoms with van der Waals surface area (Å²) >= 11 is 0. The Bertz CT molecular complexity index is 332. The lowest BCUT2D eigenvalue weighted by atomic mass is 10.1. The number of nitrogens with zero attached hydrogens (tertiary/aromatic N) is 2. The number of carbonyl (C=O) groups excluding carboxylic acids is 1. The van der Waals surface area contributed by atoms with E-state index in [-0.39, 0.29) is 5.91 Å². The van der Waals surface area contributed by atoms with Crippen LogP contribution in [0, 0.1) is 13.8 Å². The highest BCUT2D eigenvalue weighted by molar-refractivity contribution is 5.95. The van der Waals surface area contributed by atoms with Crippen molar-refractivity contribution in [3.63, 3.8) is 0 Å². The van der Waals surface area contributed by atoms with E-state index in [4.69, 9.17) is 0 Å². The molecule has 13 heavy (non-hydrogen) atoms. The van der Waals surface area contributed by atoms with Crippen molar-refractivity contribution in [2.24, 2.45) is 0 Å². The Labute approximate surface area is 78.4 Å². The summed E-state index contributed by atoms with van der Waals surface area (Å²) in [7, 11) is 3.50. The second-order valence-corrected chi connectivity index (χ2v) is 3.27. The van der Waals surface area contributed by atoms with Crippen LogP contribution >= 0.6 is 0 Å². The topological polar surface area (TPSA) is 33.2 Å². The minimum Gasteiger partial charge on any atom is -0.345 e. The molecule has 3 heteroatoms. The van der Waals surface area contributed by atoms with Gasteiger partial charge in [0.1, 0.15) is 0 Å². The zero-order valence-electron chi connectivity index (χ0n) is 8.46. The van der Waals surface area contributed by atoms with Crippen LogP contribution in [0.25, 0.3) is 0 Å². The number of aryl methyl sites for hydroxylation is 1. The van der Waals surface area contributed by atoms with Crippen LogP contribution in [0.4, 0.5) is 0 Å². The Morgan fingerprint density at radius 2 is 2.00 bits per heavy atom. The molecule has 0 fully saturated rings. The summed E-state index contributed by atoms with van der Waals surface area (Å²) in [6.45, 7) is 3.82. The maximum absolute atomic E-state index is 11.6. The molecule has 0 aliphatic carbocycles. The molecule has 0 aliphatic heterocycles. The summed E-state index contributed by atoms with van der Waals surface area (Å²) in [5, 5.41) is 0. The van der Waals surface area contributed by atoms with Gasteiger partial charge in [0.05, 0.1) is 0 Å². The van der Waals surface area contributed by atoms with E-state index < -0.39 is 0 Å². The predicted molar refractivity (Wildman–Crippen MR) is 51.7 cm³/mol. The fraction of sp³-hybridized carbons (Fsp3) is 0.400. The summed E-state index contributed by atoms with van der Waals surface area (Å²) < 4.78 is 0. The normalized spacial score (nSPS) is 9.85. The molecule has 0 unspecified atom stereocenters. The molecule has 0 saturated heterocycles. The number of hydrogen-bond acceptors (Lipinski definition) is 2. The van der Waals surface area contributed by atoms with Gasteiger partial charge in [-0.05, 0) is 25.5 Å². The van der Waals surface area contributed by atoms with Crippen LogP contribution in [0.1, 0.15) is 21.6 Å². The van der Waals surface area contributed by atoms with Crippen LogP contribution in [0.3, 0.4) is 0 Å². The van der Waals surface area contributed by atoms with E-state index in [2.05, 4.69) is 4.98 Å². The van der Waals surface area contributed by atoms with Crippen LogP contribution < -0.4 is 0 Å². The number of rotatable bonds is 1. The Morgan fingerprint density at radius 1 is 1.38 bits per heavy atom. The first-order valence-electron chi connectivity index (χ1n) is 4.18. The largest absolute Gasteiger partial charge is 0.345 e. The van der Waals surface area contributed by atoms with Gasteiger partial charge < -0.3 is 4.90 Å². The Balaban J connectivity index is 3.15. The smallest absolute Gasteiger partial charge is 0.253 e. The van der Waals surface area contributed by atoms with Gasteiger partial charge >= 0.3 is 0 Å². The van der Waals surface area contributed by atoms with E-state index >= 15 is 0 Å². The first-order valence-corrected chi connectivity index (χ1v) is 4.18. The number of pyridine rings is 1. The van der Waals surface area contributed by atoms with Crippen LogP contribution in [-0.2, 0) is 0 Å². The third kappa shape index (κ3) is 1.86. The van der Waals surface area contributed by atoms with Gasteiger partial charge in [0.15, 0.2) is 0 Å². The monoisotopic (exact) mass is 178 g/mol. The van der Waals surface area contributed by atoms with E-state index in [0.717, 1.165) is 16.8 Å². The molecule has 1 amide bonds. The quantitative estimate of drug-likeness (QED) is 0.651. The molecule has 1 aromatic heterocycles. The van der Waals surface area contributed by atoms with Crippen molar-refractivity contribution in [1.29, 1.82) is 0 Å². The molecule has 1 rings (SSSR count). The lowest BCUT2D eigenvalue weighted by Gasteiger charge is -2.12. The third-order valence-electron chi connectivity index (χ3n) is 2.09. The van der Waals surface area contributed by atoms with Gasteiger partial charge in [0.25, 0.3) is 5.91 Å². The van der Waals surface area contributed by atoms with Crippen molar-refractivity contribution in [1.82, 2.24) is 9.88 Å². The minimum atomic E-state index is 0.0306. The van der Waals surface area contributed by atoms with E-state index in [1.54, 1.807) is 31.3 Å². The van der Waals surface area contributed by atoms with E-state index in [1.165, 1.54) is 0 Å². The molecule has 0 bridgehead atoms. The van der Waals surface area contributed by atoms with Gasteiger partial charge in [-0.3, -0.25) is 9.78 Å². The highest BCUT2D eigenvalue weighted by Crippen LogP contribution is 2.11. The number of carbonyl (C=O) groups is 1. The maximum Gasteiger partial charge on any atom is 0.253 e. The SMILES string of the molecule is Cc1nccc(C(=O)N(C)C)c1C. The second-order valence-electron chi connectivity index (χ2n) is 3.27. The van der Waals surface area contributed by atoms with Crippen molar-refractivity contribution in [2.45, 2.75) is 13.8 Å². The lowest BCUT2D eigenvalue weighted by Crippen LogP contribution is -2.22. The van der Waals surface area contributed by atoms with E-state index in [9.17, 15) is 4.79 Å². The van der Waals surface area contributed by atoms with Crippen LogP contribution in [0.5, 0.6) is 0 Å². The average molecular weight is 178 g/mol. The van der Waals surface area contributed by atoms with Crippen molar-refractivity contribution in [2.75, 3.05) is 14.1 Å². The molecule has 1 aromatic rings. The standard InChI is InChI=1S/C10H14N2O/c1-7-8(2)11-6-5-9(7)10(13)12(3)4/h5-6H,1-4H3. The predicted octanol–water partition coefficient (Wildman–Crippen LogP) is 1.40. The molecular formula is C10H14N2O. The third-order valence-corrected chi connectivity index (χ3v) is 2.09. The molecule has 0 radical (unpaired) electrons. The van der Waals surface area contributed by atoms with Crippen molar-refractivity contribution in [3.8, 4) is 0 Å². The fourth-order valence-electron chi connectivity index (χ4n) is 1.11. The highest BCUT2D eigenvalue weighted by atomic mass is 16.2. The Hall–Kier alpha value is -1.38. The van der Waals surface area contributed by atoms with Gasteiger partial charge in [0, 0.05) is 31.5 Å². The molecule has 1 heterocycles. The van der Waals surface area contributed by atoms with Gasteiger partial charge in [-0.2, -0.15) is 0 Å². The molecule has 3 nitrogen and oxygen atoms in total. The summed E-state index contributed by atoms with van der Waals surface area (Å²) in [5.74, 6) is 0.0306.